The van der Waals surface area contributed by atoms with Gasteiger partial charge in [0.25, 0.3) is 0 Å². The second-order valence-electron chi connectivity index (χ2n) is 5.22. The van der Waals surface area contributed by atoms with Crippen molar-refractivity contribution in [3.8, 4) is 0 Å². The van der Waals surface area contributed by atoms with Gasteiger partial charge in [-0.05, 0) is 29.7 Å². The number of hydrogen-bond acceptors (Lipinski definition) is 2. The van der Waals surface area contributed by atoms with Crippen molar-refractivity contribution in [3.63, 3.8) is 0 Å². The van der Waals surface area contributed by atoms with Crippen LogP contribution in [0.25, 0.3) is 6.08 Å². The van der Waals surface area contributed by atoms with Gasteiger partial charge in [0.1, 0.15) is 0 Å². The molecule has 0 unspecified atom stereocenters. The Hall–Kier alpha value is -2.22. The van der Waals surface area contributed by atoms with Crippen molar-refractivity contribution in [2.75, 3.05) is 0 Å². The van der Waals surface area contributed by atoms with Crippen LogP contribution in [-0.2, 0) is 0 Å². The van der Waals surface area contributed by atoms with Gasteiger partial charge in [-0.3, -0.25) is 0 Å². The Bertz CT molecular complexity index is 656. The van der Waals surface area contributed by atoms with Gasteiger partial charge < -0.3 is 0 Å². The van der Waals surface area contributed by atoms with E-state index in [2.05, 4.69) is 78.7 Å². The lowest BCUT2D eigenvalue weighted by molar-refractivity contribution is 0.738. The number of benzene rings is 2. The molecule has 0 aliphatic carbocycles. The molecule has 2 aromatic carbocycles. The van der Waals surface area contributed by atoms with E-state index in [1.807, 2.05) is 6.07 Å². The summed E-state index contributed by atoms with van der Waals surface area (Å²) in [5.74, 6) is 0.248. The van der Waals surface area contributed by atoms with Crippen molar-refractivity contribution in [1.29, 1.82) is 0 Å². The quantitative estimate of drug-likeness (QED) is 0.696. The van der Waals surface area contributed by atoms with Crippen LogP contribution in [0.4, 0.5) is 0 Å². The van der Waals surface area contributed by atoms with Gasteiger partial charge in [-0.15, -0.1) is 0 Å². The van der Waals surface area contributed by atoms with E-state index in [0.29, 0.717) is 0 Å². The highest BCUT2D eigenvalue weighted by atomic mass is 15.1. The molecule has 0 radical (unpaired) electrons. The lowest BCUT2D eigenvalue weighted by Gasteiger charge is -2.11. The third-order valence-electron chi connectivity index (χ3n) is 3.84. The van der Waals surface area contributed by atoms with Gasteiger partial charge >= 0.3 is 0 Å². The molecule has 0 bridgehead atoms. The molecule has 2 heteroatoms. The number of azo groups is 1. The van der Waals surface area contributed by atoms with Crippen LogP contribution in [0.2, 0.25) is 0 Å². The first-order valence-electron chi connectivity index (χ1n) is 7.02. The number of hydrogen-bond donors (Lipinski definition) is 0. The molecule has 3 rings (SSSR count). The summed E-state index contributed by atoms with van der Waals surface area (Å²) in [6.45, 7) is 4.27. The first-order valence-corrected chi connectivity index (χ1v) is 7.02. The van der Waals surface area contributed by atoms with E-state index < -0.39 is 0 Å². The average Bonchev–Trinajstić information content (AvgIpc) is 2.67. The number of rotatable bonds is 2. The van der Waals surface area contributed by atoms with Gasteiger partial charge in [0, 0.05) is 5.92 Å². The Labute approximate surface area is 119 Å². The third-order valence-corrected chi connectivity index (χ3v) is 3.84. The maximum Gasteiger partial charge on any atom is 0.0939 e. The van der Waals surface area contributed by atoms with Crippen molar-refractivity contribution in [2.24, 2.45) is 10.2 Å². The first-order chi connectivity index (χ1) is 9.75. The number of nitrogens with zero attached hydrogens (tertiary/aromatic N) is 2. The summed E-state index contributed by atoms with van der Waals surface area (Å²) < 4.78 is 0. The van der Waals surface area contributed by atoms with Crippen LogP contribution in [-0.4, -0.2) is 0 Å². The predicted octanol–water partition coefficient (Wildman–Crippen LogP) is 5.36. The Morgan fingerprint density at radius 2 is 1.65 bits per heavy atom. The van der Waals surface area contributed by atoms with Crippen molar-refractivity contribution < 1.29 is 0 Å². The Balaban J connectivity index is 2.03. The van der Waals surface area contributed by atoms with E-state index in [9.17, 15) is 0 Å². The minimum atomic E-state index is 0.114. The standard InChI is InChI=1S/C18H18N2/c1-13(15-8-4-3-5-9-15)18-12-16-10-6-7-11-17(16)14(2)19-20-18/h3-14H,1-2H3/t13-,14-/m1/s1. The summed E-state index contributed by atoms with van der Waals surface area (Å²) >= 11 is 0. The highest BCUT2D eigenvalue weighted by molar-refractivity contribution is 5.59. The molecule has 1 aliphatic heterocycles. The van der Waals surface area contributed by atoms with Gasteiger partial charge in [-0.2, -0.15) is 10.2 Å². The molecule has 100 valence electrons. The maximum atomic E-state index is 4.48. The van der Waals surface area contributed by atoms with E-state index in [1.165, 1.54) is 16.7 Å². The Kier molecular flexibility index (Phi) is 3.46. The summed E-state index contributed by atoms with van der Waals surface area (Å²) in [7, 11) is 0. The second-order valence-corrected chi connectivity index (χ2v) is 5.22. The second kappa shape index (κ2) is 5.41. The van der Waals surface area contributed by atoms with E-state index in [-0.39, 0.29) is 12.0 Å². The fraction of sp³-hybridized carbons (Fsp3) is 0.222. The fourth-order valence-electron chi connectivity index (χ4n) is 2.55. The topological polar surface area (TPSA) is 24.7 Å². The Morgan fingerprint density at radius 1 is 0.950 bits per heavy atom. The minimum absolute atomic E-state index is 0.114. The lowest BCUT2D eigenvalue weighted by atomic mass is 9.95. The van der Waals surface area contributed by atoms with Crippen LogP contribution in [0.1, 0.15) is 42.5 Å². The largest absolute Gasteiger partial charge is 0.181 e. The molecule has 1 heterocycles. The predicted molar refractivity (Wildman–Crippen MR) is 82.5 cm³/mol. The van der Waals surface area contributed by atoms with Crippen molar-refractivity contribution in [1.82, 2.24) is 0 Å². The molecule has 0 fully saturated rings. The van der Waals surface area contributed by atoms with Gasteiger partial charge in [0.15, 0.2) is 0 Å². The van der Waals surface area contributed by atoms with Crippen molar-refractivity contribution in [2.45, 2.75) is 25.8 Å². The molecule has 2 atom stereocenters. The summed E-state index contributed by atoms with van der Waals surface area (Å²) in [5.41, 5.74) is 4.76. The van der Waals surface area contributed by atoms with Gasteiger partial charge in [-0.25, -0.2) is 0 Å². The average molecular weight is 262 g/mol. The zero-order valence-electron chi connectivity index (χ0n) is 11.8. The zero-order valence-corrected chi connectivity index (χ0v) is 11.8. The molecule has 20 heavy (non-hydrogen) atoms. The molecule has 2 nitrogen and oxygen atoms in total. The molecule has 0 N–H and O–H groups in total. The molecule has 0 saturated carbocycles. The van der Waals surface area contributed by atoms with Crippen molar-refractivity contribution in [3.05, 3.63) is 77.0 Å². The molecule has 0 aromatic heterocycles. The van der Waals surface area contributed by atoms with Crippen LogP contribution >= 0.6 is 0 Å². The third kappa shape index (κ3) is 2.42. The van der Waals surface area contributed by atoms with Gasteiger partial charge in [0.2, 0.25) is 0 Å². The van der Waals surface area contributed by atoms with Gasteiger partial charge in [-0.1, -0.05) is 61.5 Å². The highest BCUT2D eigenvalue weighted by Gasteiger charge is 2.17. The summed E-state index contributed by atoms with van der Waals surface area (Å²) in [6, 6.07) is 19.0. The molecular formula is C18H18N2. The molecule has 0 amide bonds. The Morgan fingerprint density at radius 3 is 2.45 bits per heavy atom. The van der Waals surface area contributed by atoms with E-state index in [4.69, 9.17) is 0 Å². The van der Waals surface area contributed by atoms with E-state index >= 15 is 0 Å². The van der Waals surface area contributed by atoms with Crippen LogP contribution in [0.3, 0.4) is 0 Å². The monoisotopic (exact) mass is 262 g/mol. The lowest BCUT2D eigenvalue weighted by Crippen LogP contribution is -1.95. The van der Waals surface area contributed by atoms with E-state index in [0.717, 1.165) is 5.70 Å². The summed E-state index contributed by atoms with van der Waals surface area (Å²) in [5, 5.41) is 8.93. The number of fused-ring (bicyclic) bond motifs is 1. The summed E-state index contributed by atoms with van der Waals surface area (Å²) in [4.78, 5) is 0. The van der Waals surface area contributed by atoms with Crippen LogP contribution in [0, 0.1) is 0 Å². The smallest absolute Gasteiger partial charge is 0.0939 e. The van der Waals surface area contributed by atoms with Crippen molar-refractivity contribution >= 4 is 6.08 Å². The highest BCUT2D eigenvalue weighted by Crippen LogP contribution is 2.33. The molecular weight excluding hydrogens is 244 g/mol. The normalized spacial score (nSPS) is 18.9. The fourth-order valence-corrected chi connectivity index (χ4v) is 2.55. The van der Waals surface area contributed by atoms with E-state index in [1.54, 1.807) is 0 Å². The summed E-state index contributed by atoms with van der Waals surface area (Å²) in [6.07, 6.45) is 2.17. The van der Waals surface area contributed by atoms with Gasteiger partial charge in [0.05, 0.1) is 11.7 Å². The first kappa shape index (κ1) is 12.8. The molecule has 2 aromatic rings. The zero-order chi connectivity index (χ0) is 13.9. The molecule has 0 saturated heterocycles. The molecule has 1 aliphatic rings. The van der Waals surface area contributed by atoms with Crippen LogP contribution in [0.5, 0.6) is 0 Å². The minimum Gasteiger partial charge on any atom is -0.181 e. The number of allylic oxidation sites excluding steroid dienone is 1. The SMILES string of the molecule is C[C@H]1N=NC([C@H](C)c2ccccc2)=Cc2ccccc21. The molecule has 0 spiro atoms. The van der Waals surface area contributed by atoms with Crippen LogP contribution < -0.4 is 0 Å². The maximum absolute atomic E-state index is 4.48. The van der Waals surface area contributed by atoms with Crippen LogP contribution in [0.15, 0.2) is 70.5 Å².